The second kappa shape index (κ2) is 6.06. The van der Waals surface area contributed by atoms with Gasteiger partial charge in [-0.25, -0.2) is 4.98 Å². The molecule has 0 N–H and O–H groups in total. The van der Waals surface area contributed by atoms with E-state index >= 15 is 0 Å². The second-order valence-electron chi connectivity index (χ2n) is 3.29. The quantitative estimate of drug-likeness (QED) is 0.789. The van der Waals surface area contributed by atoms with E-state index in [0.29, 0.717) is 6.42 Å². The Balaban J connectivity index is 1.98. The van der Waals surface area contributed by atoms with Crippen LogP contribution in [0.3, 0.4) is 0 Å². The summed E-state index contributed by atoms with van der Waals surface area (Å²) in [5.41, 5.74) is 0.854. The van der Waals surface area contributed by atoms with E-state index < -0.39 is 0 Å². The SMILES string of the molecule is N#CCc1csc(CSc2ccccc2Cl)n1. The minimum Gasteiger partial charge on any atom is -0.244 e. The molecule has 0 fully saturated rings. The van der Waals surface area contributed by atoms with E-state index in [-0.39, 0.29) is 0 Å². The lowest BCUT2D eigenvalue weighted by Gasteiger charge is -2.01. The highest BCUT2D eigenvalue weighted by Crippen LogP contribution is 2.30. The van der Waals surface area contributed by atoms with Gasteiger partial charge in [-0.15, -0.1) is 23.1 Å². The van der Waals surface area contributed by atoms with Crippen molar-refractivity contribution in [3.05, 3.63) is 45.4 Å². The minimum absolute atomic E-state index is 0.382. The van der Waals surface area contributed by atoms with E-state index in [2.05, 4.69) is 11.1 Å². The van der Waals surface area contributed by atoms with Crippen LogP contribution in [0, 0.1) is 11.3 Å². The fourth-order valence-electron chi connectivity index (χ4n) is 1.28. The van der Waals surface area contributed by atoms with Crippen LogP contribution in [0.15, 0.2) is 34.5 Å². The number of aromatic nitrogens is 1. The molecule has 0 aliphatic carbocycles. The predicted molar refractivity (Wildman–Crippen MR) is 72.4 cm³/mol. The van der Waals surface area contributed by atoms with E-state index in [4.69, 9.17) is 16.9 Å². The topological polar surface area (TPSA) is 36.7 Å². The van der Waals surface area contributed by atoms with E-state index in [1.54, 1.807) is 23.1 Å². The summed E-state index contributed by atoms with van der Waals surface area (Å²) in [5.74, 6) is 0.791. The molecule has 5 heteroatoms. The molecule has 1 heterocycles. The molecule has 0 saturated heterocycles. The van der Waals surface area contributed by atoms with Crippen LogP contribution in [0.2, 0.25) is 5.02 Å². The first-order valence-electron chi connectivity index (χ1n) is 4.97. The third-order valence-corrected chi connectivity index (χ3v) is 4.65. The zero-order chi connectivity index (χ0) is 12.1. The normalized spacial score (nSPS) is 10.1. The van der Waals surface area contributed by atoms with Gasteiger partial charge in [-0.05, 0) is 12.1 Å². The average molecular weight is 281 g/mol. The molecule has 0 spiro atoms. The first kappa shape index (κ1) is 12.4. The Kier molecular flexibility index (Phi) is 4.43. The molecule has 0 amide bonds. The summed E-state index contributed by atoms with van der Waals surface area (Å²) in [4.78, 5) is 5.44. The van der Waals surface area contributed by atoms with Crippen molar-refractivity contribution in [1.29, 1.82) is 5.26 Å². The number of hydrogen-bond donors (Lipinski definition) is 0. The predicted octanol–water partition coefficient (Wildman–Crippen LogP) is 4.15. The maximum atomic E-state index is 8.57. The van der Waals surface area contributed by atoms with Gasteiger partial charge in [0, 0.05) is 10.3 Å². The number of thiazole rings is 1. The number of hydrogen-bond acceptors (Lipinski definition) is 4. The fourth-order valence-corrected chi connectivity index (χ4v) is 3.33. The van der Waals surface area contributed by atoms with Crippen LogP contribution in [0.4, 0.5) is 0 Å². The van der Waals surface area contributed by atoms with Crippen LogP contribution in [-0.4, -0.2) is 4.98 Å². The molecule has 86 valence electrons. The molecule has 0 unspecified atom stereocenters. The highest BCUT2D eigenvalue weighted by molar-refractivity contribution is 7.98. The molecule has 2 nitrogen and oxygen atoms in total. The van der Waals surface area contributed by atoms with Crippen LogP contribution < -0.4 is 0 Å². The summed E-state index contributed by atoms with van der Waals surface area (Å²) in [6, 6.07) is 9.86. The van der Waals surface area contributed by atoms with Gasteiger partial charge in [0.15, 0.2) is 0 Å². The Morgan fingerprint density at radius 2 is 2.24 bits per heavy atom. The third-order valence-electron chi connectivity index (χ3n) is 2.05. The molecular weight excluding hydrogens is 272 g/mol. The summed E-state index contributed by atoms with van der Waals surface area (Å²) in [5, 5.41) is 12.3. The molecule has 0 saturated carbocycles. The van der Waals surface area contributed by atoms with Crippen LogP contribution in [0.5, 0.6) is 0 Å². The Labute approximate surface area is 113 Å². The molecule has 2 rings (SSSR count). The summed E-state index contributed by atoms with van der Waals surface area (Å²) < 4.78 is 0. The zero-order valence-electron chi connectivity index (χ0n) is 8.89. The zero-order valence-corrected chi connectivity index (χ0v) is 11.3. The Hall–Kier alpha value is -1.02. The highest BCUT2D eigenvalue weighted by Gasteiger charge is 2.04. The average Bonchev–Trinajstić information content (AvgIpc) is 2.76. The number of thioether (sulfide) groups is 1. The lowest BCUT2D eigenvalue weighted by atomic mass is 10.4. The largest absolute Gasteiger partial charge is 0.244 e. The maximum Gasteiger partial charge on any atom is 0.103 e. The summed E-state index contributed by atoms with van der Waals surface area (Å²) in [6.45, 7) is 0. The monoisotopic (exact) mass is 280 g/mol. The van der Waals surface area contributed by atoms with Gasteiger partial charge >= 0.3 is 0 Å². The number of rotatable bonds is 4. The first-order valence-corrected chi connectivity index (χ1v) is 7.21. The number of halogens is 1. The first-order chi connectivity index (χ1) is 8.29. The van der Waals surface area contributed by atoms with Gasteiger partial charge in [0.25, 0.3) is 0 Å². The standard InChI is InChI=1S/C12H9ClN2S2/c13-10-3-1-2-4-11(10)16-8-12-15-9(5-6-14)7-17-12/h1-4,7H,5,8H2. The van der Waals surface area contributed by atoms with E-state index in [0.717, 1.165) is 26.4 Å². The third kappa shape index (κ3) is 3.47. The van der Waals surface area contributed by atoms with Gasteiger partial charge in [0.05, 0.1) is 29.0 Å². The number of nitrogens with zero attached hydrogens (tertiary/aromatic N) is 2. The van der Waals surface area contributed by atoms with E-state index in [1.165, 1.54) is 0 Å². The number of benzene rings is 1. The van der Waals surface area contributed by atoms with Crippen molar-refractivity contribution in [2.75, 3.05) is 0 Å². The van der Waals surface area contributed by atoms with Crippen LogP contribution in [0.1, 0.15) is 10.7 Å². The highest BCUT2D eigenvalue weighted by atomic mass is 35.5. The lowest BCUT2D eigenvalue weighted by molar-refractivity contribution is 1.11. The van der Waals surface area contributed by atoms with Gasteiger partial charge in [0.1, 0.15) is 5.01 Å². The molecule has 2 aromatic rings. The van der Waals surface area contributed by atoms with Crippen LogP contribution in [-0.2, 0) is 12.2 Å². The molecule has 0 atom stereocenters. The van der Waals surface area contributed by atoms with E-state index in [1.807, 2.05) is 29.6 Å². The van der Waals surface area contributed by atoms with Crippen molar-refractivity contribution in [3.63, 3.8) is 0 Å². The Morgan fingerprint density at radius 1 is 1.41 bits per heavy atom. The van der Waals surface area contributed by atoms with Crippen molar-refractivity contribution in [1.82, 2.24) is 4.98 Å². The van der Waals surface area contributed by atoms with Gasteiger partial charge in [-0.3, -0.25) is 0 Å². The molecule has 0 aliphatic rings. The minimum atomic E-state index is 0.382. The maximum absolute atomic E-state index is 8.57. The fraction of sp³-hybridized carbons (Fsp3) is 0.167. The molecular formula is C12H9ClN2S2. The van der Waals surface area contributed by atoms with Crippen molar-refractivity contribution >= 4 is 34.7 Å². The van der Waals surface area contributed by atoms with E-state index in [9.17, 15) is 0 Å². The molecule has 0 radical (unpaired) electrons. The van der Waals surface area contributed by atoms with Crippen molar-refractivity contribution < 1.29 is 0 Å². The lowest BCUT2D eigenvalue weighted by Crippen LogP contribution is -1.84. The van der Waals surface area contributed by atoms with Gasteiger partial charge in [0.2, 0.25) is 0 Å². The summed E-state index contributed by atoms with van der Waals surface area (Å²) in [7, 11) is 0. The van der Waals surface area contributed by atoms with Crippen molar-refractivity contribution in [2.45, 2.75) is 17.1 Å². The van der Waals surface area contributed by atoms with Crippen molar-refractivity contribution in [2.24, 2.45) is 0 Å². The summed E-state index contributed by atoms with van der Waals surface area (Å²) in [6.07, 6.45) is 0.382. The molecule has 1 aromatic carbocycles. The summed E-state index contributed by atoms with van der Waals surface area (Å²) >= 11 is 9.32. The van der Waals surface area contributed by atoms with Gasteiger partial charge < -0.3 is 0 Å². The van der Waals surface area contributed by atoms with Crippen LogP contribution >= 0.6 is 34.7 Å². The molecule has 0 bridgehead atoms. The Morgan fingerprint density at radius 3 is 3.00 bits per heavy atom. The van der Waals surface area contributed by atoms with Gasteiger partial charge in [-0.1, -0.05) is 23.7 Å². The molecule has 0 aliphatic heterocycles. The Bertz CT molecular complexity index is 545. The second-order valence-corrected chi connectivity index (χ2v) is 5.65. The van der Waals surface area contributed by atoms with Crippen molar-refractivity contribution in [3.8, 4) is 6.07 Å². The smallest absolute Gasteiger partial charge is 0.103 e. The molecule has 1 aromatic heterocycles. The van der Waals surface area contributed by atoms with Gasteiger partial charge in [-0.2, -0.15) is 5.26 Å². The van der Waals surface area contributed by atoms with Crippen LogP contribution in [0.25, 0.3) is 0 Å². The molecule has 17 heavy (non-hydrogen) atoms. The number of nitriles is 1.